The van der Waals surface area contributed by atoms with E-state index >= 15 is 0 Å². The third kappa shape index (κ3) is 16.4. The lowest BCUT2D eigenvalue weighted by atomic mass is 10.1. The fourth-order valence-corrected chi connectivity index (χ4v) is 0.455. The maximum absolute atomic E-state index is 5.30. The summed E-state index contributed by atoms with van der Waals surface area (Å²) in [6.45, 7) is 19.4. The van der Waals surface area contributed by atoms with E-state index < -0.39 is 0 Å². The summed E-state index contributed by atoms with van der Waals surface area (Å²) >= 11 is 0. The van der Waals surface area contributed by atoms with Gasteiger partial charge in [-0.3, -0.25) is 0 Å². The van der Waals surface area contributed by atoms with Crippen LogP contribution in [0.25, 0.3) is 0 Å². The van der Waals surface area contributed by atoms with Gasteiger partial charge in [0.15, 0.2) is 0 Å². The minimum absolute atomic E-state index is 0. The van der Waals surface area contributed by atoms with E-state index in [9.17, 15) is 0 Å². The Balaban J connectivity index is -0.000000187. The van der Waals surface area contributed by atoms with Gasteiger partial charge in [0, 0.05) is 6.61 Å². The average Bonchev–Trinajstić information content (AvgIpc) is 2.05. The van der Waals surface area contributed by atoms with Crippen LogP contribution >= 0.6 is 0 Å². The van der Waals surface area contributed by atoms with Crippen LogP contribution in [0.5, 0.6) is 0 Å². The van der Waals surface area contributed by atoms with Crippen LogP contribution in [-0.4, -0.2) is 12.7 Å². The second kappa shape index (κ2) is 11.8. The maximum Gasteiger partial charge on any atom is 0.0569 e. The quantitative estimate of drug-likeness (QED) is 0.606. The second-order valence-corrected chi connectivity index (χ2v) is 4.41. The molecule has 0 saturated carbocycles. The van der Waals surface area contributed by atoms with Gasteiger partial charge >= 0.3 is 0 Å². The van der Waals surface area contributed by atoms with Crippen molar-refractivity contribution < 1.29 is 4.74 Å². The van der Waals surface area contributed by atoms with E-state index in [4.69, 9.17) is 4.74 Å². The van der Waals surface area contributed by atoms with Crippen LogP contribution in [0.4, 0.5) is 0 Å². The SMILES string of the molecule is C.C=C(C)C(C)C.CCOC(C)C(C)C. The van der Waals surface area contributed by atoms with Crippen LogP contribution in [0.2, 0.25) is 0 Å². The molecule has 0 N–H and O–H groups in total. The zero-order valence-corrected chi connectivity index (χ0v) is 11.1. The molecule has 0 rings (SSSR count). The molecule has 0 bridgehead atoms. The Morgan fingerprint density at radius 2 is 1.47 bits per heavy atom. The Bertz CT molecular complexity index is 136. The summed E-state index contributed by atoms with van der Waals surface area (Å²) < 4.78 is 5.30. The number of ether oxygens (including phenoxy) is 1. The molecule has 0 spiro atoms. The molecule has 1 atom stereocenters. The zero-order valence-electron chi connectivity index (χ0n) is 11.1. The number of allylic oxidation sites excluding steroid dienone is 1. The summed E-state index contributed by atoms with van der Waals surface area (Å²) in [5.41, 5.74) is 1.26. The van der Waals surface area contributed by atoms with Crippen molar-refractivity contribution in [2.45, 2.75) is 62.0 Å². The lowest BCUT2D eigenvalue weighted by Crippen LogP contribution is -2.14. The number of rotatable bonds is 4. The Morgan fingerprint density at radius 3 is 1.53 bits per heavy atom. The number of hydrogen-bond donors (Lipinski definition) is 0. The first-order valence-electron chi connectivity index (χ1n) is 5.59. The van der Waals surface area contributed by atoms with E-state index in [0.717, 1.165) is 6.61 Å². The molecular weight excluding hydrogens is 184 g/mol. The third-order valence-electron chi connectivity index (χ3n) is 2.35. The third-order valence-corrected chi connectivity index (χ3v) is 2.35. The highest BCUT2D eigenvalue weighted by Crippen LogP contribution is 2.03. The minimum atomic E-state index is 0. The molecule has 0 aromatic heterocycles. The fourth-order valence-electron chi connectivity index (χ4n) is 0.455. The van der Waals surface area contributed by atoms with Crippen molar-refractivity contribution in [3.05, 3.63) is 12.2 Å². The van der Waals surface area contributed by atoms with Gasteiger partial charge in [0.2, 0.25) is 0 Å². The summed E-state index contributed by atoms with van der Waals surface area (Å²) in [7, 11) is 0. The molecule has 1 heteroatoms. The van der Waals surface area contributed by atoms with Crippen molar-refractivity contribution in [2.24, 2.45) is 11.8 Å². The molecule has 0 aromatic carbocycles. The molecule has 0 fully saturated rings. The molecule has 0 radical (unpaired) electrons. The fraction of sp³-hybridized carbons (Fsp3) is 0.857. The maximum atomic E-state index is 5.30. The lowest BCUT2D eigenvalue weighted by molar-refractivity contribution is 0.0443. The summed E-state index contributed by atoms with van der Waals surface area (Å²) in [4.78, 5) is 0. The van der Waals surface area contributed by atoms with Gasteiger partial charge in [0.1, 0.15) is 0 Å². The largest absolute Gasteiger partial charge is 0.379 e. The van der Waals surface area contributed by atoms with Gasteiger partial charge in [-0.25, -0.2) is 0 Å². The topological polar surface area (TPSA) is 9.23 Å². The van der Waals surface area contributed by atoms with Crippen molar-refractivity contribution in [2.75, 3.05) is 6.61 Å². The van der Waals surface area contributed by atoms with E-state index in [-0.39, 0.29) is 7.43 Å². The summed E-state index contributed by atoms with van der Waals surface area (Å²) in [5.74, 6) is 1.31. The summed E-state index contributed by atoms with van der Waals surface area (Å²) in [5, 5.41) is 0. The highest BCUT2D eigenvalue weighted by atomic mass is 16.5. The smallest absolute Gasteiger partial charge is 0.0569 e. The monoisotopic (exact) mass is 216 g/mol. The highest BCUT2D eigenvalue weighted by molar-refractivity contribution is 4.90. The molecule has 0 saturated heterocycles. The van der Waals surface area contributed by atoms with Gasteiger partial charge in [-0.1, -0.05) is 47.3 Å². The molecule has 0 aliphatic heterocycles. The molecule has 15 heavy (non-hydrogen) atoms. The second-order valence-electron chi connectivity index (χ2n) is 4.41. The van der Waals surface area contributed by atoms with E-state index in [2.05, 4.69) is 41.2 Å². The Hall–Kier alpha value is -0.300. The van der Waals surface area contributed by atoms with Crippen molar-refractivity contribution >= 4 is 0 Å². The van der Waals surface area contributed by atoms with E-state index in [1.807, 2.05) is 13.8 Å². The van der Waals surface area contributed by atoms with Crippen molar-refractivity contribution in [3.63, 3.8) is 0 Å². The average molecular weight is 216 g/mol. The van der Waals surface area contributed by atoms with Gasteiger partial charge in [-0.2, -0.15) is 0 Å². The molecule has 94 valence electrons. The molecule has 1 unspecified atom stereocenters. The van der Waals surface area contributed by atoms with Crippen molar-refractivity contribution in [1.29, 1.82) is 0 Å². The first-order valence-corrected chi connectivity index (χ1v) is 5.59. The molecule has 0 aliphatic carbocycles. The standard InChI is InChI=1S/C7H16O.C6H12.CH4/c1-5-8-7(4)6(2)3;1-5(2)6(3)4;/h6-7H,5H2,1-4H3;6H,1H2,2-4H3;1H4. The Kier molecular flexibility index (Phi) is 15.8. The zero-order chi connectivity index (χ0) is 11.7. The minimum Gasteiger partial charge on any atom is -0.379 e. The first kappa shape index (κ1) is 20.2. The van der Waals surface area contributed by atoms with Crippen LogP contribution in [-0.2, 0) is 4.74 Å². The molecule has 0 aliphatic rings. The molecule has 0 heterocycles. The normalized spacial score (nSPS) is 11.5. The summed E-state index contributed by atoms with van der Waals surface area (Å²) in [6.07, 6.45) is 0.417. The van der Waals surface area contributed by atoms with Crippen molar-refractivity contribution in [3.8, 4) is 0 Å². The molecule has 1 nitrogen and oxygen atoms in total. The van der Waals surface area contributed by atoms with Crippen LogP contribution in [0.15, 0.2) is 12.2 Å². The van der Waals surface area contributed by atoms with Crippen LogP contribution in [0.1, 0.15) is 55.9 Å². The van der Waals surface area contributed by atoms with Crippen LogP contribution in [0, 0.1) is 11.8 Å². The van der Waals surface area contributed by atoms with E-state index in [1.54, 1.807) is 0 Å². The summed E-state index contributed by atoms with van der Waals surface area (Å²) in [6, 6.07) is 0. The van der Waals surface area contributed by atoms with Gasteiger partial charge in [-0.15, -0.1) is 0 Å². The Morgan fingerprint density at radius 1 is 1.13 bits per heavy atom. The molecule has 0 aromatic rings. The van der Waals surface area contributed by atoms with E-state index in [0.29, 0.717) is 17.9 Å². The Labute approximate surface area is 97.9 Å². The lowest BCUT2D eigenvalue weighted by Gasteiger charge is -2.14. The van der Waals surface area contributed by atoms with Gasteiger partial charge in [0.05, 0.1) is 6.10 Å². The predicted octanol–water partition coefficient (Wildman–Crippen LogP) is 4.92. The van der Waals surface area contributed by atoms with Gasteiger partial charge in [0.25, 0.3) is 0 Å². The predicted molar refractivity (Wildman–Crippen MR) is 72.3 cm³/mol. The van der Waals surface area contributed by atoms with Crippen LogP contribution < -0.4 is 0 Å². The number of hydrogen-bond acceptors (Lipinski definition) is 1. The highest BCUT2D eigenvalue weighted by Gasteiger charge is 2.03. The van der Waals surface area contributed by atoms with Gasteiger partial charge in [-0.05, 0) is 32.6 Å². The van der Waals surface area contributed by atoms with Crippen LogP contribution in [0.3, 0.4) is 0 Å². The van der Waals surface area contributed by atoms with Gasteiger partial charge < -0.3 is 4.74 Å². The van der Waals surface area contributed by atoms with Crippen molar-refractivity contribution in [1.82, 2.24) is 0 Å². The molecule has 0 amide bonds. The molecular formula is C14H32O. The first-order chi connectivity index (χ1) is 6.32. The van der Waals surface area contributed by atoms with E-state index in [1.165, 1.54) is 5.57 Å².